The SMILES string of the molecule is Nc1c(Nc2ccc(Cl)c(Cl)c2)ncnc1Sc1ccc(Cl)cc1. The van der Waals surface area contributed by atoms with Crippen LogP contribution in [-0.2, 0) is 0 Å². The molecular weight excluding hydrogens is 387 g/mol. The third-order valence-electron chi connectivity index (χ3n) is 3.06. The van der Waals surface area contributed by atoms with Crippen molar-refractivity contribution >= 4 is 63.8 Å². The predicted molar refractivity (Wildman–Crippen MR) is 102 cm³/mol. The third kappa shape index (κ3) is 4.05. The largest absolute Gasteiger partial charge is 0.394 e. The van der Waals surface area contributed by atoms with Gasteiger partial charge in [-0.25, -0.2) is 9.97 Å². The van der Waals surface area contributed by atoms with Gasteiger partial charge in [-0.2, -0.15) is 0 Å². The molecule has 0 amide bonds. The Hall–Kier alpha value is -1.66. The zero-order valence-corrected chi connectivity index (χ0v) is 15.2. The van der Waals surface area contributed by atoms with Crippen molar-refractivity contribution in [2.24, 2.45) is 0 Å². The second-order valence-electron chi connectivity index (χ2n) is 4.75. The van der Waals surface area contributed by atoms with Gasteiger partial charge in [0.15, 0.2) is 5.82 Å². The van der Waals surface area contributed by atoms with Crippen LogP contribution in [0.3, 0.4) is 0 Å². The Morgan fingerprint density at radius 3 is 2.38 bits per heavy atom. The second kappa shape index (κ2) is 7.49. The van der Waals surface area contributed by atoms with E-state index in [1.165, 1.54) is 18.1 Å². The quantitative estimate of drug-likeness (QED) is 0.535. The van der Waals surface area contributed by atoms with E-state index in [1.807, 2.05) is 24.3 Å². The molecule has 0 atom stereocenters. The van der Waals surface area contributed by atoms with Gasteiger partial charge in [0.25, 0.3) is 0 Å². The Kier molecular flexibility index (Phi) is 5.36. The number of benzene rings is 2. The first-order valence-corrected chi connectivity index (χ1v) is 8.74. The summed E-state index contributed by atoms with van der Waals surface area (Å²) < 4.78 is 0. The molecule has 3 N–H and O–H groups in total. The summed E-state index contributed by atoms with van der Waals surface area (Å²) in [5.41, 5.74) is 7.36. The topological polar surface area (TPSA) is 63.8 Å². The molecule has 1 aromatic heterocycles. The first-order chi connectivity index (χ1) is 11.5. The molecule has 0 bridgehead atoms. The average Bonchev–Trinajstić information content (AvgIpc) is 2.57. The van der Waals surface area contributed by atoms with E-state index in [0.29, 0.717) is 31.6 Å². The number of nitrogens with two attached hydrogens (primary N) is 1. The first-order valence-electron chi connectivity index (χ1n) is 6.79. The van der Waals surface area contributed by atoms with Gasteiger partial charge in [0.05, 0.1) is 10.0 Å². The van der Waals surface area contributed by atoms with E-state index in [9.17, 15) is 0 Å². The summed E-state index contributed by atoms with van der Waals surface area (Å²) in [4.78, 5) is 9.40. The third-order valence-corrected chi connectivity index (χ3v) is 5.08. The van der Waals surface area contributed by atoms with E-state index in [1.54, 1.807) is 18.2 Å². The lowest BCUT2D eigenvalue weighted by Crippen LogP contribution is -2.02. The van der Waals surface area contributed by atoms with Crippen LogP contribution in [0.25, 0.3) is 0 Å². The molecule has 0 saturated heterocycles. The fourth-order valence-electron chi connectivity index (χ4n) is 1.89. The van der Waals surface area contributed by atoms with Crippen molar-refractivity contribution < 1.29 is 0 Å². The molecule has 24 heavy (non-hydrogen) atoms. The van der Waals surface area contributed by atoms with Gasteiger partial charge in [-0.3, -0.25) is 0 Å². The number of nitrogens with one attached hydrogen (secondary N) is 1. The Morgan fingerprint density at radius 1 is 0.917 bits per heavy atom. The van der Waals surface area contributed by atoms with Gasteiger partial charge in [-0.1, -0.05) is 46.6 Å². The van der Waals surface area contributed by atoms with Gasteiger partial charge in [0, 0.05) is 15.6 Å². The Morgan fingerprint density at radius 2 is 1.67 bits per heavy atom. The number of nitrogens with zero attached hydrogens (tertiary/aromatic N) is 2. The van der Waals surface area contributed by atoms with E-state index in [2.05, 4.69) is 15.3 Å². The molecule has 0 radical (unpaired) electrons. The molecule has 0 unspecified atom stereocenters. The molecule has 0 fully saturated rings. The smallest absolute Gasteiger partial charge is 0.158 e. The lowest BCUT2D eigenvalue weighted by atomic mass is 10.3. The van der Waals surface area contributed by atoms with Crippen LogP contribution in [-0.4, -0.2) is 9.97 Å². The standard InChI is InChI=1S/C16H11Cl3N4S/c17-9-1-4-11(5-2-9)24-16-14(20)15(21-8-22-16)23-10-3-6-12(18)13(19)7-10/h1-8H,20H2,(H,21,22,23). The van der Waals surface area contributed by atoms with Crippen LogP contribution in [0.15, 0.2) is 58.7 Å². The summed E-state index contributed by atoms with van der Waals surface area (Å²) in [6.45, 7) is 0. The lowest BCUT2D eigenvalue weighted by molar-refractivity contribution is 1.06. The van der Waals surface area contributed by atoms with Crippen molar-refractivity contribution in [3.63, 3.8) is 0 Å². The highest BCUT2D eigenvalue weighted by Crippen LogP contribution is 2.35. The highest BCUT2D eigenvalue weighted by molar-refractivity contribution is 7.99. The second-order valence-corrected chi connectivity index (χ2v) is 7.06. The number of nitrogen functional groups attached to an aromatic ring is 1. The van der Waals surface area contributed by atoms with Crippen LogP contribution in [0.4, 0.5) is 17.2 Å². The van der Waals surface area contributed by atoms with Crippen LogP contribution >= 0.6 is 46.6 Å². The van der Waals surface area contributed by atoms with Crippen molar-refractivity contribution in [2.75, 3.05) is 11.1 Å². The van der Waals surface area contributed by atoms with Crippen molar-refractivity contribution in [1.29, 1.82) is 0 Å². The van der Waals surface area contributed by atoms with Crippen molar-refractivity contribution in [2.45, 2.75) is 9.92 Å². The minimum atomic E-state index is 0.448. The normalized spacial score (nSPS) is 10.6. The Bertz CT molecular complexity index is 872. The molecule has 4 nitrogen and oxygen atoms in total. The molecule has 0 spiro atoms. The van der Waals surface area contributed by atoms with Crippen molar-refractivity contribution in [3.05, 3.63) is 63.9 Å². The number of aromatic nitrogens is 2. The van der Waals surface area contributed by atoms with Crippen molar-refractivity contribution in [3.8, 4) is 0 Å². The molecule has 0 aliphatic carbocycles. The van der Waals surface area contributed by atoms with Crippen LogP contribution in [0, 0.1) is 0 Å². The van der Waals surface area contributed by atoms with Crippen LogP contribution < -0.4 is 11.1 Å². The Balaban J connectivity index is 1.84. The van der Waals surface area contributed by atoms with E-state index >= 15 is 0 Å². The maximum Gasteiger partial charge on any atom is 0.158 e. The highest BCUT2D eigenvalue weighted by atomic mass is 35.5. The zero-order valence-electron chi connectivity index (χ0n) is 12.1. The van der Waals surface area contributed by atoms with E-state index in [4.69, 9.17) is 40.5 Å². The maximum absolute atomic E-state index is 6.18. The molecule has 3 aromatic rings. The number of anilines is 3. The summed E-state index contributed by atoms with van der Waals surface area (Å²) in [6.07, 6.45) is 1.45. The lowest BCUT2D eigenvalue weighted by Gasteiger charge is -2.11. The fraction of sp³-hybridized carbons (Fsp3) is 0. The van der Waals surface area contributed by atoms with E-state index in [0.717, 1.165) is 10.6 Å². The summed E-state index contributed by atoms with van der Waals surface area (Å²) in [6, 6.07) is 12.6. The molecule has 0 aliphatic rings. The monoisotopic (exact) mass is 396 g/mol. The van der Waals surface area contributed by atoms with Gasteiger partial charge in [0.2, 0.25) is 0 Å². The van der Waals surface area contributed by atoms with Gasteiger partial charge < -0.3 is 11.1 Å². The van der Waals surface area contributed by atoms with E-state index in [-0.39, 0.29) is 0 Å². The van der Waals surface area contributed by atoms with Crippen LogP contribution in [0.1, 0.15) is 0 Å². The van der Waals surface area contributed by atoms with Gasteiger partial charge in [0.1, 0.15) is 17.0 Å². The number of rotatable bonds is 4. The van der Waals surface area contributed by atoms with Gasteiger partial charge in [-0.05, 0) is 42.5 Å². The van der Waals surface area contributed by atoms with Gasteiger partial charge >= 0.3 is 0 Å². The molecule has 3 rings (SSSR count). The molecular formula is C16H11Cl3N4S. The number of halogens is 3. The molecule has 0 aliphatic heterocycles. The summed E-state index contributed by atoms with van der Waals surface area (Å²) >= 11 is 19.3. The number of hydrogen-bond acceptors (Lipinski definition) is 5. The molecule has 8 heteroatoms. The molecule has 0 saturated carbocycles. The van der Waals surface area contributed by atoms with E-state index < -0.39 is 0 Å². The highest BCUT2D eigenvalue weighted by Gasteiger charge is 2.10. The molecule has 1 heterocycles. The average molecular weight is 398 g/mol. The predicted octanol–water partition coefficient (Wildman–Crippen LogP) is 5.91. The zero-order chi connectivity index (χ0) is 17.1. The molecule has 122 valence electrons. The summed E-state index contributed by atoms with van der Waals surface area (Å²) in [7, 11) is 0. The summed E-state index contributed by atoms with van der Waals surface area (Å²) in [5, 5.41) is 5.38. The van der Waals surface area contributed by atoms with Gasteiger partial charge in [-0.15, -0.1) is 0 Å². The van der Waals surface area contributed by atoms with Crippen LogP contribution in [0.2, 0.25) is 15.1 Å². The summed E-state index contributed by atoms with van der Waals surface area (Å²) in [5.74, 6) is 0.500. The maximum atomic E-state index is 6.18. The molecule has 2 aromatic carbocycles. The Labute approximate surface area is 158 Å². The minimum absolute atomic E-state index is 0.448. The van der Waals surface area contributed by atoms with Crippen molar-refractivity contribution in [1.82, 2.24) is 9.97 Å². The number of hydrogen-bond donors (Lipinski definition) is 2. The fourth-order valence-corrected chi connectivity index (χ4v) is 3.11. The van der Waals surface area contributed by atoms with Crippen LogP contribution in [0.5, 0.6) is 0 Å². The first kappa shape index (κ1) is 17.2. The minimum Gasteiger partial charge on any atom is -0.394 e.